The van der Waals surface area contributed by atoms with Gasteiger partial charge in [0, 0.05) is 4.86 Å². The Morgan fingerprint density at radius 3 is 2.12 bits per heavy atom. The molecule has 2 heteroatoms. The van der Waals surface area contributed by atoms with Crippen LogP contribution in [0, 0.1) is 0 Å². The number of thiocarbonyl (C=S) groups is 1. The summed E-state index contributed by atoms with van der Waals surface area (Å²) < 4.78 is 0. The van der Waals surface area contributed by atoms with Gasteiger partial charge in [-0.2, -0.15) is 0 Å². The highest BCUT2D eigenvalue weighted by atomic mass is 32.2. The maximum absolute atomic E-state index is 4.85. The lowest BCUT2D eigenvalue weighted by atomic mass is 10.4. The molecule has 8 heavy (non-hydrogen) atoms. The van der Waals surface area contributed by atoms with Crippen LogP contribution in [0.25, 0.3) is 0 Å². The van der Waals surface area contributed by atoms with Crippen LogP contribution in [0.5, 0.6) is 0 Å². The minimum Gasteiger partial charge on any atom is -0.134 e. The zero-order valence-electron chi connectivity index (χ0n) is 5.39. The molecular weight excluding hydrogens is 136 g/mol. The summed E-state index contributed by atoms with van der Waals surface area (Å²) in [5, 5.41) is 0. The van der Waals surface area contributed by atoms with Crippen molar-refractivity contribution in [3.05, 3.63) is 11.0 Å². The number of thioether (sulfide) groups is 1. The van der Waals surface area contributed by atoms with Gasteiger partial charge in [0.1, 0.15) is 0 Å². The van der Waals surface area contributed by atoms with Gasteiger partial charge in [-0.1, -0.05) is 12.2 Å². The van der Waals surface area contributed by atoms with Crippen molar-refractivity contribution in [2.75, 3.05) is 6.26 Å². The van der Waals surface area contributed by atoms with Gasteiger partial charge < -0.3 is 0 Å². The Morgan fingerprint density at radius 1 is 1.50 bits per heavy atom. The van der Waals surface area contributed by atoms with E-state index in [1.54, 1.807) is 11.8 Å². The normalized spacial score (nSPS) is 11.6. The second-order valence-corrected chi connectivity index (χ2v) is 3.27. The molecule has 0 saturated heterocycles. The van der Waals surface area contributed by atoms with Gasteiger partial charge in [-0.3, -0.25) is 0 Å². The van der Waals surface area contributed by atoms with Crippen molar-refractivity contribution >= 4 is 28.8 Å². The van der Waals surface area contributed by atoms with Crippen LogP contribution in [-0.2, 0) is 0 Å². The highest BCUT2D eigenvalue weighted by Crippen LogP contribution is 2.08. The quantitative estimate of drug-likeness (QED) is 0.434. The fourth-order valence-corrected chi connectivity index (χ4v) is 0.891. The Labute approximate surface area is 60.4 Å². The van der Waals surface area contributed by atoms with Crippen LogP contribution in [0.2, 0.25) is 0 Å². The molecule has 0 aliphatic heterocycles. The Balaban J connectivity index is 3.75. The minimum atomic E-state index is 0.955. The average molecular weight is 146 g/mol. The monoisotopic (exact) mass is 146 g/mol. The molecule has 0 N–H and O–H groups in total. The molecule has 0 aromatic heterocycles. The highest BCUT2D eigenvalue weighted by Gasteiger charge is 1.82. The first-order chi connectivity index (χ1) is 3.66. The molecule has 0 aliphatic carbocycles. The molecule has 0 nitrogen and oxygen atoms in total. The van der Waals surface area contributed by atoms with Gasteiger partial charge in [0.05, 0.1) is 0 Å². The summed E-state index contributed by atoms with van der Waals surface area (Å²) >= 11 is 6.58. The molecule has 0 fully saturated rings. The molecule has 0 unspecified atom stereocenters. The smallest absolute Gasteiger partial charge is 0.0129 e. The minimum absolute atomic E-state index is 0.955. The third-order valence-electron chi connectivity index (χ3n) is 0.729. The van der Waals surface area contributed by atoms with Gasteiger partial charge in [-0.25, -0.2) is 0 Å². The van der Waals surface area contributed by atoms with E-state index in [-0.39, 0.29) is 0 Å². The van der Waals surface area contributed by atoms with E-state index in [0.29, 0.717) is 0 Å². The highest BCUT2D eigenvalue weighted by molar-refractivity contribution is 8.02. The van der Waals surface area contributed by atoms with Crippen LogP contribution >= 0.6 is 24.0 Å². The molecule has 0 heterocycles. The third kappa shape index (κ3) is 4.34. The molecule has 0 saturated carbocycles. The van der Waals surface area contributed by atoms with Crippen molar-refractivity contribution in [1.82, 2.24) is 0 Å². The van der Waals surface area contributed by atoms with E-state index >= 15 is 0 Å². The predicted octanol–water partition coefficient (Wildman–Crippen LogP) is 2.64. The third-order valence-corrected chi connectivity index (χ3v) is 1.61. The topological polar surface area (TPSA) is 0 Å². The number of hydrogen-bond acceptors (Lipinski definition) is 2. The lowest BCUT2D eigenvalue weighted by Gasteiger charge is -1.89. The summed E-state index contributed by atoms with van der Waals surface area (Å²) in [5.41, 5.74) is 0. The molecule has 0 rings (SSSR count). The first-order valence-corrected chi connectivity index (χ1v) is 4.03. The maximum atomic E-state index is 4.85. The van der Waals surface area contributed by atoms with Crippen molar-refractivity contribution in [2.45, 2.75) is 13.8 Å². The van der Waals surface area contributed by atoms with E-state index in [4.69, 9.17) is 12.2 Å². The van der Waals surface area contributed by atoms with Gasteiger partial charge >= 0.3 is 0 Å². The Morgan fingerprint density at radius 2 is 2.00 bits per heavy atom. The van der Waals surface area contributed by atoms with Crippen LogP contribution in [0.4, 0.5) is 0 Å². The molecule has 46 valence electrons. The second kappa shape index (κ2) is 4.10. The van der Waals surface area contributed by atoms with E-state index in [0.717, 1.165) is 4.86 Å². The van der Waals surface area contributed by atoms with Crippen molar-refractivity contribution in [2.24, 2.45) is 0 Å². The molecular formula is C6H10S2. The van der Waals surface area contributed by atoms with Crippen LogP contribution in [-0.4, -0.2) is 11.1 Å². The standard InChI is InChI=1S/C6H10S2/c1-5(7)4-6(2)8-3/h4H,1-3H3. The molecule has 0 radical (unpaired) electrons. The largest absolute Gasteiger partial charge is 0.134 e. The van der Waals surface area contributed by atoms with Gasteiger partial charge in [0.25, 0.3) is 0 Å². The Kier molecular flexibility index (Phi) is 4.19. The van der Waals surface area contributed by atoms with E-state index in [9.17, 15) is 0 Å². The number of allylic oxidation sites excluding steroid dienone is 2. The predicted molar refractivity (Wildman–Crippen MR) is 45.5 cm³/mol. The van der Waals surface area contributed by atoms with Crippen molar-refractivity contribution in [3.63, 3.8) is 0 Å². The first kappa shape index (κ1) is 8.18. The first-order valence-electron chi connectivity index (χ1n) is 2.39. The van der Waals surface area contributed by atoms with Crippen molar-refractivity contribution in [3.8, 4) is 0 Å². The molecule has 0 amide bonds. The SMILES string of the molecule is CSC(C)=CC(C)=S. The lowest BCUT2D eigenvalue weighted by molar-refractivity contribution is 1.70. The Bertz CT molecular complexity index is 114. The van der Waals surface area contributed by atoms with E-state index in [1.165, 1.54) is 4.91 Å². The zero-order chi connectivity index (χ0) is 6.57. The fourth-order valence-electron chi connectivity index (χ4n) is 0.345. The van der Waals surface area contributed by atoms with Gasteiger partial charge in [0.2, 0.25) is 0 Å². The summed E-state index contributed by atoms with van der Waals surface area (Å²) in [6, 6.07) is 0. The summed E-state index contributed by atoms with van der Waals surface area (Å²) in [5.74, 6) is 0. The van der Waals surface area contributed by atoms with Crippen LogP contribution in [0.15, 0.2) is 11.0 Å². The van der Waals surface area contributed by atoms with E-state index in [2.05, 4.69) is 6.92 Å². The second-order valence-electron chi connectivity index (χ2n) is 1.57. The molecule has 0 spiro atoms. The van der Waals surface area contributed by atoms with Crippen molar-refractivity contribution in [1.29, 1.82) is 0 Å². The lowest BCUT2D eigenvalue weighted by Crippen LogP contribution is -1.76. The number of hydrogen-bond donors (Lipinski definition) is 0. The molecule has 0 aromatic carbocycles. The van der Waals surface area contributed by atoms with Crippen LogP contribution in [0.3, 0.4) is 0 Å². The Hall–Kier alpha value is 0.180. The summed E-state index contributed by atoms with van der Waals surface area (Å²) in [7, 11) is 0. The van der Waals surface area contributed by atoms with E-state index in [1.807, 2.05) is 19.3 Å². The average Bonchev–Trinajstić information content (AvgIpc) is 1.65. The fraction of sp³-hybridized carbons (Fsp3) is 0.500. The van der Waals surface area contributed by atoms with Gasteiger partial charge in [-0.05, 0) is 31.1 Å². The molecule has 0 aliphatic rings. The summed E-state index contributed by atoms with van der Waals surface area (Å²) in [6.07, 6.45) is 4.05. The van der Waals surface area contributed by atoms with Gasteiger partial charge in [0.15, 0.2) is 0 Å². The van der Waals surface area contributed by atoms with E-state index < -0.39 is 0 Å². The summed E-state index contributed by atoms with van der Waals surface area (Å²) in [4.78, 5) is 2.23. The van der Waals surface area contributed by atoms with Crippen LogP contribution in [0.1, 0.15) is 13.8 Å². The zero-order valence-corrected chi connectivity index (χ0v) is 7.03. The van der Waals surface area contributed by atoms with Gasteiger partial charge in [-0.15, -0.1) is 11.8 Å². The van der Waals surface area contributed by atoms with Crippen molar-refractivity contribution < 1.29 is 0 Å². The van der Waals surface area contributed by atoms with Crippen LogP contribution < -0.4 is 0 Å². The summed E-state index contributed by atoms with van der Waals surface area (Å²) in [6.45, 7) is 3.98. The molecule has 0 atom stereocenters. The maximum Gasteiger partial charge on any atom is 0.0129 e. The molecule has 0 aromatic rings. The number of rotatable bonds is 2. The molecule has 0 bridgehead atoms.